The Labute approximate surface area is 116 Å². The first-order chi connectivity index (χ1) is 7.11. The molecule has 1 aromatic carbocycles. The van der Waals surface area contributed by atoms with Gasteiger partial charge in [0.25, 0.3) is 0 Å². The van der Waals surface area contributed by atoms with E-state index in [1.165, 1.54) is 12.1 Å². The van der Waals surface area contributed by atoms with Crippen molar-refractivity contribution in [2.75, 3.05) is 21.3 Å². The number of halogens is 3. The van der Waals surface area contributed by atoms with E-state index in [2.05, 4.69) is 0 Å². The smallest absolute Gasteiger partial charge is 0 e. The minimum Gasteiger partial charge on any atom is 0 e. The van der Waals surface area contributed by atoms with Crippen LogP contribution in [0.4, 0.5) is 10.5 Å². The minimum absolute atomic E-state index is 0. The molecule has 0 saturated carbocycles. The van der Waals surface area contributed by atoms with E-state index in [-0.39, 0.29) is 26.2 Å². The Bertz CT molecular complexity index is 193. The minimum atomic E-state index is -5.94. The first kappa shape index (κ1) is 25.3. The van der Waals surface area contributed by atoms with Crippen molar-refractivity contribution in [1.82, 2.24) is 0 Å². The van der Waals surface area contributed by atoms with Gasteiger partial charge in [-0.3, -0.25) is 0 Å². The quantitative estimate of drug-likeness (QED) is 0.484. The van der Waals surface area contributed by atoms with Gasteiger partial charge in [-0.15, -0.1) is 0 Å². The monoisotopic (exact) mass is 381 g/mol. The van der Waals surface area contributed by atoms with Crippen molar-refractivity contribution >= 4 is 19.1 Å². The maximum Gasteiger partial charge on any atom is 0 e. The van der Waals surface area contributed by atoms with Crippen molar-refractivity contribution in [2.45, 2.75) is 0 Å². The first-order valence-electron chi connectivity index (χ1n) is 3.74. The number of hydrogen-bond donors (Lipinski definition) is 3. The summed E-state index contributed by atoms with van der Waals surface area (Å²) in [5, 5.41) is 21.0. The van der Waals surface area contributed by atoms with Gasteiger partial charge in [-0.1, -0.05) is 0 Å². The molecule has 0 radical (unpaired) electrons. The van der Waals surface area contributed by atoms with Gasteiger partial charge in [0.2, 0.25) is 0 Å². The Kier molecular flexibility index (Phi) is 28.2. The van der Waals surface area contributed by atoms with Crippen LogP contribution in [-0.4, -0.2) is 51.3 Å². The van der Waals surface area contributed by atoms with Crippen molar-refractivity contribution in [1.29, 1.82) is 0 Å². The molecule has 0 spiro atoms. The number of aliphatic hydroxyl groups excluding tert-OH is 3. The molecule has 1 aromatic rings. The average molecular weight is 381 g/mol. The Morgan fingerprint density at radius 2 is 1.06 bits per heavy atom. The number of aliphatic hydroxyl groups is 3. The fraction of sp³-hybridized carbons (Fsp3) is 0.375. The number of hydrogen-bond acceptors (Lipinski definition) is 3. The van der Waals surface area contributed by atoms with Crippen molar-refractivity contribution < 1.29 is 52.0 Å². The zero-order valence-electron chi connectivity index (χ0n) is 9.28. The summed E-state index contributed by atoms with van der Waals surface area (Å²) in [7, 11) is 3.00. The Morgan fingerprint density at radius 1 is 0.812 bits per heavy atom. The molecule has 0 aromatic heterocycles. The summed E-state index contributed by atoms with van der Waals surface area (Å²) in [6.07, 6.45) is 0. The maximum absolute atomic E-state index is 11.8. The average Bonchev–Trinajstić information content (AvgIpc) is 2.79. The molecule has 0 fully saturated rings. The van der Waals surface area contributed by atoms with E-state index >= 15 is 0 Å². The predicted molar refractivity (Wildman–Crippen MR) is 55.2 cm³/mol. The topological polar surface area (TPSA) is 60.7 Å². The molecule has 0 aliphatic carbocycles. The van der Waals surface area contributed by atoms with Gasteiger partial charge in [0, 0.05) is 47.5 Å². The van der Waals surface area contributed by atoms with Crippen LogP contribution >= 0.6 is 0 Å². The molecule has 0 aliphatic rings. The van der Waals surface area contributed by atoms with Crippen LogP contribution in [0.3, 0.4) is 0 Å². The predicted octanol–water partition coefficient (Wildman–Crippen LogP) is 0.283. The largest absolute Gasteiger partial charge is 0 e. The Balaban J connectivity index is -0.0000000900. The molecule has 0 amide bonds. The Morgan fingerprint density at radius 3 is 1.19 bits per heavy atom. The van der Waals surface area contributed by atoms with E-state index in [9.17, 15) is 10.5 Å². The third-order valence-electron chi connectivity index (χ3n) is 0.990. The summed E-state index contributed by atoms with van der Waals surface area (Å²) in [5.41, 5.74) is 0. The third kappa shape index (κ3) is 14.4. The zero-order chi connectivity index (χ0) is 12.9. The second-order valence-electron chi connectivity index (χ2n) is 1.67. The van der Waals surface area contributed by atoms with Crippen LogP contribution in [0.15, 0.2) is 24.3 Å². The normalized spacial score (nSPS) is 7.81. The van der Waals surface area contributed by atoms with Crippen LogP contribution < -0.4 is 4.40 Å². The van der Waals surface area contributed by atoms with Crippen LogP contribution in [0.5, 0.6) is 0 Å². The van der Waals surface area contributed by atoms with Gasteiger partial charge in [-0.05, 0) is 0 Å². The molecule has 3 nitrogen and oxygen atoms in total. The molecule has 16 heavy (non-hydrogen) atoms. The third-order valence-corrected chi connectivity index (χ3v) is 3.06. The van der Waals surface area contributed by atoms with Crippen molar-refractivity contribution in [3.8, 4) is 0 Å². The molecule has 0 aliphatic heterocycles. The maximum atomic E-state index is 11.8. The van der Waals surface area contributed by atoms with Gasteiger partial charge >= 0.3 is 53.8 Å². The van der Waals surface area contributed by atoms with E-state index in [4.69, 9.17) is 15.3 Å². The van der Waals surface area contributed by atoms with E-state index in [1.807, 2.05) is 0 Å². The van der Waals surface area contributed by atoms with Crippen molar-refractivity contribution in [3.63, 3.8) is 0 Å². The molecule has 0 atom stereocenters. The van der Waals surface area contributed by atoms with Gasteiger partial charge in [0.15, 0.2) is 0 Å². The molecule has 3 N–H and O–H groups in total. The van der Waals surface area contributed by atoms with Gasteiger partial charge in [0.1, 0.15) is 0 Å². The molecule has 0 unspecified atom stereocenters. The van der Waals surface area contributed by atoms with Crippen LogP contribution in [0.2, 0.25) is 0 Å². The second kappa shape index (κ2) is 17.8. The van der Waals surface area contributed by atoms with E-state index in [0.29, 0.717) is 0 Å². The number of rotatable bonds is 1. The molecule has 1 rings (SSSR count). The summed E-state index contributed by atoms with van der Waals surface area (Å²) in [5.74, 6) is 0. The van der Waals surface area contributed by atoms with Gasteiger partial charge < -0.3 is 15.3 Å². The molecule has 0 bridgehead atoms. The van der Waals surface area contributed by atoms with Gasteiger partial charge in [-0.25, -0.2) is 0 Å². The van der Waals surface area contributed by atoms with Crippen LogP contribution in [0, 0.1) is 0 Å². The Hall–Kier alpha value is 0.446. The van der Waals surface area contributed by atoms with E-state index in [1.54, 1.807) is 0 Å². The van der Waals surface area contributed by atoms with Crippen molar-refractivity contribution in [3.05, 3.63) is 24.3 Å². The molecular weight excluding hydrogens is 365 g/mol. The summed E-state index contributed by atoms with van der Waals surface area (Å²) >= 11 is -5.94. The SMILES string of the molecule is CO.CO.CO.[F][Ge]([F])([F])[c-]1cccc1.[Zr]. The second-order valence-corrected chi connectivity index (χ2v) is 4.97. The standard InChI is InChI=1S/C5H4F3Ge.3CH4O.Zr/c6-9(7,8)5-3-1-2-4-5;3*1-2;/h1-4H;3*2H,1H3;/q-1;;;;. The van der Waals surface area contributed by atoms with Gasteiger partial charge in [0.05, 0.1) is 0 Å². The molecule has 0 saturated heterocycles. The molecular formula is C8H16F3GeO3Zr-. The molecule has 8 heteroatoms. The zero-order valence-corrected chi connectivity index (χ0v) is 13.8. The fourth-order valence-corrected chi connectivity index (χ4v) is 1.76. The fourth-order valence-electron chi connectivity index (χ4n) is 0.563. The first-order valence-corrected chi connectivity index (χ1v) is 7.16. The summed E-state index contributed by atoms with van der Waals surface area (Å²) < 4.78 is 35.0. The van der Waals surface area contributed by atoms with E-state index in [0.717, 1.165) is 33.5 Å². The van der Waals surface area contributed by atoms with Crippen molar-refractivity contribution in [2.24, 2.45) is 0 Å². The molecule has 96 valence electrons. The van der Waals surface area contributed by atoms with Crippen LogP contribution in [0.1, 0.15) is 0 Å². The van der Waals surface area contributed by atoms with Crippen LogP contribution in [0.25, 0.3) is 0 Å². The summed E-state index contributed by atoms with van der Waals surface area (Å²) in [4.78, 5) is 0. The van der Waals surface area contributed by atoms with Crippen LogP contribution in [-0.2, 0) is 26.2 Å². The van der Waals surface area contributed by atoms with Gasteiger partial charge in [-0.2, -0.15) is 0 Å². The summed E-state index contributed by atoms with van der Waals surface area (Å²) in [6, 6.07) is 5.07. The van der Waals surface area contributed by atoms with E-state index < -0.39 is 19.1 Å². The summed E-state index contributed by atoms with van der Waals surface area (Å²) in [6.45, 7) is 0. The molecule has 0 heterocycles.